The van der Waals surface area contributed by atoms with Crippen molar-refractivity contribution >= 4 is 23.4 Å². The zero-order valence-corrected chi connectivity index (χ0v) is 18.8. The molecule has 34 heavy (non-hydrogen) atoms. The SMILES string of the molecule is C=CCn1c(SCC(=O)N2N=C(c3ccco3)CC2c2ccco2)nnc1-c1ccccc1F. The number of hydrazone groups is 1. The van der Waals surface area contributed by atoms with Crippen molar-refractivity contribution in [2.45, 2.75) is 24.2 Å². The number of amides is 1. The zero-order valence-electron chi connectivity index (χ0n) is 18.0. The number of halogens is 1. The van der Waals surface area contributed by atoms with Crippen molar-refractivity contribution in [2.75, 3.05) is 5.75 Å². The molecule has 3 aromatic heterocycles. The van der Waals surface area contributed by atoms with Crippen molar-refractivity contribution in [1.29, 1.82) is 0 Å². The lowest BCUT2D eigenvalue weighted by atomic mass is 10.1. The molecule has 172 valence electrons. The molecule has 1 atom stereocenters. The molecule has 0 saturated carbocycles. The smallest absolute Gasteiger partial charge is 0.253 e. The lowest BCUT2D eigenvalue weighted by molar-refractivity contribution is -0.130. The summed E-state index contributed by atoms with van der Waals surface area (Å²) in [5.74, 6) is 1.05. The maximum Gasteiger partial charge on any atom is 0.253 e. The van der Waals surface area contributed by atoms with E-state index in [9.17, 15) is 9.18 Å². The molecule has 4 heterocycles. The minimum atomic E-state index is -0.397. The van der Waals surface area contributed by atoms with E-state index in [2.05, 4.69) is 21.9 Å². The van der Waals surface area contributed by atoms with Crippen LogP contribution in [0.2, 0.25) is 0 Å². The van der Waals surface area contributed by atoms with Crippen LogP contribution in [0.3, 0.4) is 0 Å². The number of carbonyl (C=O) groups excluding carboxylic acids is 1. The van der Waals surface area contributed by atoms with Crippen LogP contribution in [0.25, 0.3) is 11.4 Å². The summed E-state index contributed by atoms with van der Waals surface area (Å²) in [6, 6.07) is 13.2. The third-order valence-electron chi connectivity index (χ3n) is 5.31. The maximum atomic E-state index is 14.3. The number of furan rings is 2. The molecule has 1 amide bonds. The number of hydrogen-bond acceptors (Lipinski definition) is 7. The van der Waals surface area contributed by atoms with Crippen LogP contribution >= 0.6 is 11.8 Å². The van der Waals surface area contributed by atoms with Gasteiger partial charge < -0.3 is 8.83 Å². The van der Waals surface area contributed by atoms with Gasteiger partial charge in [-0.25, -0.2) is 9.40 Å². The summed E-state index contributed by atoms with van der Waals surface area (Å²) in [7, 11) is 0. The van der Waals surface area contributed by atoms with Crippen LogP contribution in [0.1, 0.15) is 24.0 Å². The summed E-state index contributed by atoms with van der Waals surface area (Å²) in [5, 5.41) is 14.8. The Balaban J connectivity index is 1.38. The Morgan fingerprint density at radius 2 is 1.97 bits per heavy atom. The van der Waals surface area contributed by atoms with Crippen LogP contribution in [0.4, 0.5) is 4.39 Å². The molecular weight excluding hydrogens is 457 g/mol. The predicted molar refractivity (Wildman–Crippen MR) is 124 cm³/mol. The van der Waals surface area contributed by atoms with Gasteiger partial charge in [0.2, 0.25) is 0 Å². The zero-order chi connectivity index (χ0) is 23.5. The molecule has 1 aromatic carbocycles. The summed E-state index contributed by atoms with van der Waals surface area (Å²) >= 11 is 1.21. The fourth-order valence-corrected chi connectivity index (χ4v) is 4.56. The normalized spacial score (nSPS) is 15.5. The number of thioether (sulfide) groups is 1. The number of carbonyl (C=O) groups is 1. The lowest BCUT2D eigenvalue weighted by Crippen LogP contribution is -2.28. The Morgan fingerprint density at radius 1 is 1.15 bits per heavy atom. The van der Waals surface area contributed by atoms with E-state index in [1.54, 1.807) is 53.5 Å². The van der Waals surface area contributed by atoms with Gasteiger partial charge in [0.15, 0.2) is 11.0 Å². The highest BCUT2D eigenvalue weighted by atomic mass is 32.2. The second kappa shape index (κ2) is 9.52. The Bertz CT molecular complexity index is 1330. The first-order valence-electron chi connectivity index (χ1n) is 10.5. The van der Waals surface area contributed by atoms with Gasteiger partial charge in [0.25, 0.3) is 5.91 Å². The second-order valence-corrected chi connectivity index (χ2v) is 8.41. The largest absolute Gasteiger partial charge is 0.467 e. The van der Waals surface area contributed by atoms with Gasteiger partial charge in [0.1, 0.15) is 29.1 Å². The minimum absolute atomic E-state index is 0.0543. The molecule has 0 radical (unpaired) electrons. The average molecular weight is 478 g/mol. The van der Waals surface area contributed by atoms with Crippen molar-refractivity contribution in [3.05, 3.63) is 91.0 Å². The minimum Gasteiger partial charge on any atom is -0.467 e. The Hall–Kier alpha value is -3.92. The molecule has 0 spiro atoms. The van der Waals surface area contributed by atoms with Crippen LogP contribution in [0.15, 0.2) is 92.8 Å². The molecule has 1 aliphatic rings. The summed E-state index contributed by atoms with van der Waals surface area (Å²) < 4.78 is 27.1. The molecule has 5 rings (SSSR count). The first-order valence-corrected chi connectivity index (χ1v) is 11.5. The fraction of sp³-hybridized carbons (Fsp3) is 0.167. The molecule has 4 aromatic rings. The van der Waals surface area contributed by atoms with Gasteiger partial charge >= 0.3 is 0 Å². The van der Waals surface area contributed by atoms with Crippen molar-refractivity contribution in [3.8, 4) is 11.4 Å². The highest BCUT2D eigenvalue weighted by Crippen LogP contribution is 2.34. The summed E-state index contributed by atoms with van der Waals surface area (Å²) in [6.45, 7) is 4.14. The Morgan fingerprint density at radius 3 is 2.71 bits per heavy atom. The van der Waals surface area contributed by atoms with E-state index in [1.165, 1.54) is 22.8 Å². The van der Waals surface area contributed by atoms with E-state index in [1.807, 2.05) is 12.1 Å². The second-order valence-electron chi connectivity index (χ2n) is 7.47. The van der Waals surface area contributed by atoms with Gasteiger partial charge in [-0.2, -0.15) is 5.10 Å². The van der Waals surface area contributed by atoms with Crippen LogP contribution in [-0.2, 0) is 11.3 Å². The van der Waals surface area contributed by atoms with Crippen LogP contribution in [0.5, 0.6) is 0 Å². The van der Waals surface area contributed by atoms with Gasteiger partial charge in [-0.1, -0.05) is 30.0 Å². The predicted octanol–water partition coefficient (Wildman–Crippen LogP) is 4.93. The van der Waals surface area contributed by atoms with Crippen molar-refractivity contribution in [1.82, 2.24) is 19.8 Å². The van der Waals surface area contributed by atoms with Crippen LogP contribution in [0, 0.1) is 5.82 Å². The fourth-order valence-electron chi connectivity index (χ4n) is 3.76. The van der Waals surface area contributed by atoms with Gasteiger partial charge in [0.05, 0.1) is 23.8 Å². The van der Waals surface area contributed by atoms with E-state index in [4.69, 9.17) is 8.83 Å². The van der Waals surface area contributed by atoms with Gasteiger partial charge in [-0.05, 0) is 36.4 Å². The number of rotatable bonds is 8. The van der Waals surface area contributed by atoms with E-state index in [0.717, 1.165) is 0 Å². The Labute approximate surface area is 198 Å². The molecule has 0 aliphatic carbocycles. The molecule has 1 aliphatic heterocycles. The third kappa shape index (κ3) is 4.19. The van der Waals surface area contributed by atoms with E-state index < -0.39 is 5.82 Å². The summed E-state index contributed by atoms with van der Waals surface area (Å²) in [6.07, 6.45) is 5.29. The molecular formula is C24H20FN5O3S. The molecule has 0 fully saturated rings. The molecule has 8 nitrogen and oxygen atoms in total. The van der Waals surface area contributed by atoms with E-state index in [0.29, 0.717) is 46.7 Å². The topological polar surface area (TPSA) is 89.7 Å². The van der Waals surface area contributed by atoms with Crippen molar-refractivity contribution < 1.29 is 18.0 Å². The van der Waals surface area contributed by atoms with Gasteiger partial charge in [-0.3, -0.25) is 9.36 Å². The average Bonchev–Trinajstić information content (AvgIpc) is 3.65. The Kier molecular flexibility index (Phi) is 6.13. The molecule has 1 unspecified atom stereocenters. The summed E-state index contributed by atoms with van der Waals surface area (Å²) in [4.78, 5) is 13.2. The summed E-state index contributed by atoms with van der Waals surface area (Å²) in [5.41, 5.74) is 1.00. The number of allylic oxidation sites excluding steroid dienone is 1. The molecule has 0 bridgehead atoms. The first-order chi connectivity index (χ1) is 16.7. The number of hydrogen-bond donors (Lipinski definition) is 0. The first kappa shape index (κ1) is 21.9. The van der Waals surface area contributed by atoms with Gasteiger partial charge in [0, 0.05) is 13.0 Å². The molecule has 0 saturated heterocycles. The highest BCUT2D eigenvalue weighted by molar-refractivity contribution is 7.99. The quantitative estimate of drug-likeness (QED) is 0.264. The third-order valence-corrected chi connectivity index (χ3v) is 6.26. The number of aromatic nitrogens is 3. The van der Waals surface area contributed by atoms with E-state index >= 15 is 0 Å². The van der Waals surface area contributed by atoms with Crippen molar-refractivity contribution in [2.24, 2.45) is 5.10 Å². The monoisotopic (exact) mass is 477 g/mol. The van der Waals surface area contributed by atoms with Crippen molar-refractivity contribution in [3.63, 3.8) is 0 Å². The number of benzene rings is 1. The molecule has 0 N–H and O–H groups in total. The maximum absolute atomic E-state index is 14.3. The van der Waals surface area contributed by atoms with E-state index in [-0.39, 0.29) is 17.7 Å². The standard InChI is InChI=1S/C24H20FN5O3S/c1-2-11-29-23(16-7-3-4-8-17(16)25)26-27-24(29)34-15-22(31)30-19(21-10-6-13-33-21)14-18(28-30)20-9-5-12-32-20/h2-10,12-13,19H,1,11,14-15H2. The van der Waals surface area contributed by atoms with Crippen LogP contribution < -0.4 is 0 Å². The van der Waals surface area contributed by atoms with Crippen LogP contribution in [-0.4, -0.2) is 37.1 Å². The van der Waals surface area contributed by atoms with Gasteiger partial charge in [-0.15, -0.1) is 16.8 Å². The molecule has 10 heteroatoms. The number of nitrogens with zero attached hydrogens (tertiary/aromatic N) is 5. The lowest BCUT2D eigenvalue weighted by Gasteiger charge is -2.19. The highest BCUT2D eigenvalue weighted by Gasteiger charge is 2.35.